The van der Waals surface area contributed by atoms with Crippen LogP contribution < -0.4 is 0 Å². The van der Waals surface area contributed by atoms with Gasteiger partial charge in [-0.05, 0) is 20.4 Å². The minimum absolute atomic E-state index is 0.00346. The Morgan fingerprint density at radius 2 is 1.44 bits per heavy atom. The molecule has 16 heavy (non-hydrogen) atoms. The van der Waals surface area contributed by atoms with E-state index in [1.807, 2.05) is 20.4 Å². The quantitative estimate of drug-likeness (QED) is 0.686. The molecule has 0 atom stereocenters. The minimum Gasteiger partial charge on any atom is -0.349 e. The van der Waals surface area contributed by atoms with Crippen LogP contribution in [-0.4, -0.2) is 42.4 Å². The number of carbonyl (C=O) groups excluding carboxylic acids is 2. The molecule has 5 heteroatoms. The second-order valence-electron chi connectivity index (χ2n) is 3.82. The van der Waals surface area contributed by atoms with Crippen molar-refractivity contribution in [3.63, 3.8) is 0 Å². The summed E-state index contributed by atoms with van der Waals surface area (Å²) in [6, 6.07) is 0. The lowest BCUT2D eigenvalue weighted by Gasteiger charge is -2.43. The van der Waals surface area contributed by atoms with Gasteiger partial charge in [0, 0.05) is 26.9 Å². The Hall–Kier alpha value is -1.10. The highest BCUT2D eigenvalue weighted by Gasteiger charge is 2.40. The Morgan fingerprint density at radius 1 is 1.12 bits per heavy atom. The van der Waals surface area contributed by atoms with Crippen LogP contribution in [0.25, 0.3) is 0 Å². The van der Waals surface area contributed by atoms with E-state index in [1.165, 1.54) is 13.8 Å². The van der Waals surface area contributed by atoms with Crippen LogP contribution in [0.5, 0.6) is 0 Å². The molecule has 2 amide bonds. The van der Waals surface area contributed by atoms with Gasteiger partial charge >= 0.3 is 0 Å². The zero-order valence-electron chi connectivity index (χ0n) is 10.9. The summed E-state index contributed by atoms with van der Waals surface area (Å²) in [6.07, 6.45) is 0. The van der Waals surface area contributed by atoms with Crippen molar-refractivity contribution >= 4 is 20.2 Å². The summed E-state index contributed by atoms with van der Waals surface area (Å²) in [5, 5.41) is 0. The van der Waals surface area contributed by atoms with Crippen molar-refractivity contribution in [2.24, 2.45) is 0 Å². The summed E-state index contributed by atoms with van der Waals surface area (Å²) < 4.78 is 3.54. The first kappa shape index (κ1) is 14.9. The number of nitrogens with zero attached hydrogens (tertiary/aromatic N) is 2. The predicted molar refractivity (Wildman–Crippen MR) is 67.9 cm³/mol. The molecular formula is C11H22N2O2Si. The van der Waals surface area contributed by atoms with E-state index in [0.29, 0.717) is 13.1 Å². The molecule has 0 fully saturated rings. The summed E-state index contributed by atoms with van der Waals surface area (Å²) >= 11 is 0. The van der Waals surface area contributed by atoms with Gasteiger partial charge in [-0.2, -0.15) is 0 Å². The molecular weight excluding hydrogens is 220 g/mol. The predicted octanol–water partition coefficient (Wildman–Crippen LogP) is 1.52. The summed E-state index contributed by atoms with van der Waals surface area (Å²) in [5.41, 5.74) is 1.78. The number of amides is 2. The molecule has 0 rings (SSSR count). The highest BCUT2D eigenvalue weighted by Crippen LogP contribution is 2.17. The van der Waals surface area contributed by atoms with Crippen molar-refractivity contribution in [1.82, 2.24) is 9.13 Å². The standard InChI is InChI=1S/C11H22N2O2Si/c1-7-12(10(4)14)16(6,9-3)13(8-2)11(5)15/h9H,3,7-8H2,1-2,4-6H3. The Balaban J connectivity index is 5.37. The molecule has 0 spiro atoms. The number of hydrogen-bond acceptors (Lipinski definition) is 2. The van der Waals surface area contributed by atoms with E-state index in [1.54, 1.807) is 14.8 Å². The van der Waals surface area contributed by atoms with E-state index >= 15 is 0 Å². The van der Waals surface area contributed by atoms with E-state index < -0.39 is 8.40 Å². The Bertz CT molecular complexity index is 270. The number of carbonyl (C=O) groups is 2. The van der Waals surface area contributed by atoms with Gasteiger partial charge in [-0.3, -0.25) is 9.59 Å². The molecule has 0 N–H and O–H groups in total. The van der Waals surface area contributed by atoms with Crippen LogP contribution in [-0.2, 0) is 9.59 Å². The number of rotatable bonds is 5. The van der Waals surface area contributed by atoms with E-state index in [9.17, 15) is 9.59 Å². The monoisotopic (exact) mass is 242 g/mol. The normalized spacial score (nSPS) is 10.8. The molecule has 0 saturated carbocycles. The molecule has 0 aliphatic heterocycles. The highest BCUT2D eigenvalue weighted by atomic mass is 28.3. The fourth-order valence-corrected chi connectivity index (χ4v) is 5.38. The largest absolute Gasteiger partial charge is 0.349 e. The van der Waals surface area contributed by atoms with Gasteiger partial charge < -0.3 is 9.13 Å². The van der Waals surface area contributed by atoms with Gasteiger partial charge in [0.1, 0.15) is 0 Å². The fraction of sp³-hybridized carbons (Fsp3) is 0.636. The maximum absolute atomic E-state index is 11.6. The van der Waals surface area contributed by atoms with E-state index in [4.69, 9.17) is 0 Å². The van der Waals surface area contributed by atoms with E-state index in [2.05, 4.69) is 6.58 Å². The zero-order chi connectivity index (χ0) is 12.9. The van der Waals surface area contributed by atoms with Crippen LogP contribution in [0.4, 0.5) is 0 Å². The third-order valence-electron chi connectivity index (χ3n) is 2.87. The van der Waals surface area contributed by atoms with Crippen LogP contribution >= 0.6 is 0 Å². The van der Waals surface area contributed by atoms with Gasteiger partial charge in [-0.15, -0.1) is 6.58 Å². The Kier molecular flexibility index (Phi) is 5.44. The summed E-state index contributed by atoms with van der Waals surface area (Å²) in [6.45, 7) is 13.9. The smallest absolute Gasteiger partial charge is 0.290 e. The maximum Gasteiger partial charge on any atom is 0.290 e. The lowest BCUT2D eigenvalue weighted by Crippen LogP contribution is -2.65. The Morgan fingerprint density at radius 3 is 1.56 bits per heavy atom. The number of hydrogen-bond donors (Lipinski definition) is 0. The second-order valence-corrected chi connectivity index (χ2v) is 7.50. The molecule has 4 nitrogen and oxygen atoms in total. The molecule has 0 aromatic rings. The molecule has 0 aromatic heterocycles. The second kappa shape index (κ2) is 5.84. The van der Waals surface area contributed by atoms with Gasteiger partial charge in [0.15, 0.2) is 0 Å². The molecule has 0 unspecified atom stereocenters. The van der Waals surface area contributed by atoms with E-state index in [0.717, 1.165) is 0 Å². The molecule has 0 aliphatic carbocycles. The zero-order valence-corrected chi connectivity index (χ0v) is 11.9. The lowest BCUT2D eigenvalue weighted by molar-refractivity contribution is -0.127. The van der Waals surface area contributed by atoms with Crippen molar-refractivity contribution in [3.05, 3.63) is 12.3 Å². The van der Waals surface area contributed by atoms with Crippen LogP contribution in [0.2, 0.25) is 6.55 Å². The third kappa shape index (κ3) is 2.72. The maximum atomic E-state index is 11.6. The molecule has 0 saturated heterocycles. The molecule has 0 heterocycles. The van der Waals surface area contributed by atoms with Crippen molar-refractivity contribution < 1.29 is 9.59 Å². The molecule has 92 valence electrons. The summed E-state index contributed by atoms with van der Waals surface area (Å²) in [5.74, 6) is -0.00691. The van der Waals surface area contributed by atoms with Crippen molar-refractivity contribution in [3.8, 4) is 0 Å². The van der Waals surface area contributed by atoms with Crippen molar-refractivity contribution in [2.75, 3.05) is 13.1 Å². The van der Waals surface area contributed by atoms with Crippen LogP contribution in [0.3, 0.4) is 0 Å². The van der Waals surface area contributed by atoms with Gasteiger partial charge in [0.2, 0.25) is 11.8 Å². The first-order valence-corrected chi connectivity index (χ1v) is 8.02. The fourth-order valence-electron chi connectivity index (χ4n) is 2.09. The minimum atomic E-state index is -2.38. The Labute approximate surface area is 99.1 Å². The molecule has 0 aliphatic rings. The lowest BCUT2D eigenvalue weighted by atomic mass is 10.6. The first-order valence-electron chi connectivity index (χ1n) is 5.55. The average molecular weight is 242 g/mol. The van der Waals surface area contributed by atoms with Crippen molar-refractivity contribution in [1.29, 1.82) is 0 Å². The van der Waals surface area contributed by atoms with Gasteiger partial charge in [-0.25, -0.2) is 0 Å². The first-order chi connectivity index (χ1) is 7.34. The molecule has 0 radical (unpaired) electrons. The summed E-state index contributed by atoms with van der Waals surface area (Å²) in [4.78, 5) is 23.2. The van der Waals surface area contributed by atoms with Crippen LogP contribution in [0, 0.1) is 0 Å². The topological polar surface area (TPSA) is 40.6 Å². The third-order valence-corrected chi connectivity index (χ3v) is 7.09. The molecule has 0 aromatic carbocycles. The van der Waals surface area contributed by atoms with Gasteiger partial charge in [0.05, 0.1) is 0 Å². The van der Waals surface area contributed by atoms with E-state index in [-0.39, 0.29) is 11.8 Å². The van der Waals surface area contributed by atoms with Crippen molar-refractivity contribution in [2.45, 2.75) is 34.2 Å². The molecule has 0 bridgehead atoms. The van der Waals surface area contributed by atoms with Crippen LogP contribution in [0.1, 0.15) is 27.7 Å². The van der Waals surface area contributed by atoms with Gasteiger partial charge in [-0.1, -0.05) is 5.70 Å². The average Bonchev–Trinajstić information content (AvgIpc) is 2.18. The SMILES string of the molecule is C=C[Si](C)(N(CC)C(C)=O)N(CC)C(C)=O. The van der Waals surface area contributed by atoms with Crippen LogP contribution in [0.15, 0.2) is 12.3 Å². The van der Waals surface area contributed by atoms with Gasteiger partial charge in [0.25, 0.3) is 8.40 Å². The summed E-state index contributed by atoms with van der Waals surface area (Å²) in [7, 11) is -2.38. The highest BCUT2D eigenvalue weighted by molar-refractivity contribution is 6.81.